The van der Waals surface area contributed by atoms with Gasteiger partial charge in [0.2, 0.25) is 0 Å². The Labute approximate surface area is 130 Å². The van der Waals surface area contributed by atoms with E-state index in [4.69, 9.17) is 4.98 Å². The lowest BCUT2D eigenvalue weighted by molar-refractivity contribution is 0.217. The Kier molecular flexibility index (Phi) is 4.31. The van der Waals surface area contributed by atoms with Crippen LogP contribution in [0.2, 0.25) is 0 Å². The van der Waals surface area contributed by atoms with Gasteiger partial charge in [-0.2, -0.15) is 0 Å². The monoisotopic (exact) mass is 302 g/mol. The molecular formula is C16H22N4S. The van der Waals surface area contributed by atoms with E-state index in [9.17, 15) is 0 Å². The molecule has 0 unspecified atom stereocenters. The molecule has 3 rings (SSSR count). The van der Waals surface area contributed by atoms with Crippen LogP contribution in [-0.2, 0) is 6.42 Å². The first-order valence-electron chi connectivity index (χ1n) is 7.56. The Morgan fingerprint density at radius 2 is 2.00 bits per heavy atom. The van der Waals surface area contributed by atoms with Crippen LogP contribution in [0.25, 0.3) is 10.7 Å². The van der Waals surface area contributed by atoms with Crippen molar-refractivity contribution in [1.82, 2.24) is 19.9 Å². The van der Waals surface area contributed by atoms with E-state index in [0.717, 1.165) is 28.6 Å². The smallest absolute Gasteiger partial charge is 0.142 e. The standard InChI is InChI=1S/C16H22N4S/c1-11-8-14(16-17-10-12(2)21-16)19-15(18-11)9-13-4-6-20(3)7-5-13/h8,10,13H,4-7,9H2,1-3H3. The lowest BCUT2D eigenvalue weighted by Gasteiger charge is -2.28. The Morgan fingerprint density at radius 1 is 1.24 bits per heavy atom. The fourth-order valence-corrected chi connectivity index (χ4v) is 3.55. The summed E-state index contributed by atoms with van der Waals surface area (Å²) >= 11 is 1.70. The number of hydrogen-bond acceptors (Lipinski definition) is 5. The van der Waals surface area contributed by atoms with E-state index in [0.29, 0.717) is 5.92 Å². The molecule has 1 saturated heterocycles. The molecule has 4 nitrogen and oxygen atoms in total. The van der Waals surface area contributed by atoms with Crippen molar-refractivity contribution < 1.29 is 0 Å². The van der Waals surface area contributed by atoms with Gasteiger partial charge >= 0.3 is 0 Å². The first-order chi connectivity index (χ1) is 10.1. The fraction of sp³-hybridized carbons (Fsp3) is 0.562. The number of nitrogens with zero attached hydrogens (tertiary/aromatic N) is 4. The summed E-state index contributed by atoms with van der Waals surface area (Å²) in [6.45, 7) is 6.50. The minimum absolute atomic E-state index is 0.717. The third-order valence-electron chi connectivity index (χ3n) is 4.05. The van der Waals surface area contributed by atoms with E-state index in [1.165, 1.54) is 30.8 Å². The van der Waals surface area contributed by atoms with E-state index in [-0.39, 0.29) is 0 Å². The van der Waals surface area contributed by atoms with Crippen LogP contribution in [0.1, 0.15) is 29.2 Å². The zero-order chi connectivity index (χ0) is 14.8. The summed E-state index contributed by atoms with van der Waals surface area (Å²) in [6, 6.07) is 2.04. The average Bonchev–Trinajstić information content (AvgIpc) is 2.88. The second-order valence-electron chi connectivity index (χ2n) is 6.04. The maximum absolute atomic E-state index is 4.75. The fourth-order valence-electron chi connectivity index (χ4n) is 2.83. The van der Waals surface area contributed by atoms with Crippen LogP contribution in [0.5, 0.6) is 0 Å². The topological polar surface area (TPSA) is 41.9 Å². The summed E-state index contributed by atoms with van der Waals surface area (Å²) in [5.74, 6) is 1.70. The highest BCUT2D eigenvalue weighted by Crippen LogP contribution is 2.25. The van der Waals surface area contributed by atoms with Crippen molar-refractivity contribution in [3.63, 3.8) is 0 Å². The highest BCUT2D eigenvalue weighted by atomic mass is 32.1. The Bertz CT molecular complexity index is 614. The zero-order valence-electron chi connectivity index (χ0n) is 13.0. The molecular weight excluding hydrogens is 280 g/mol. The van der Waals surface area contributed by atoms with Crippen molar-refractivity contribution >= 4 is 11.3 Å². The van der Waals surface area contributed by atoms with Gasteiger partial charge in [-0.05, 0) is 58.8 Å². The summed E-state index contributed by atoms with van der Waals surface area (Å²) in [7, 11) is 2.20. The molecule has 0 amide bonds. The minimum Gasteiger partial charge on any atom is -0.306 e. The Hall–Kier alpha value is -1.33. The summed E-state index contributed by atoms with van der Waals surface area (Å²) in [6.07, 6.45) is 5.40. The maximum Gasteiger partial charge on any atom is 0.142 e. The van der Waals surface area contributed by atoms with Crippen molar-refractivity contribution in [2.24, 2.45) is 5.92 Å². The van der Waals surface area contributed by atoms with Crippen LogP contribution in [0.4, 0.5) is 0 Å². The van der Waals surface area contributed by atoms with Crippen LogP contribution in [0, 0.1) is 19.8 Å². The van der Waals surface area contributed by atoms with Gasteiger partial charge in [0.15, 0.2) is 0 Å². The molecule has 5 heteroatoms. The molecule has 2 aromatic rings. The molecule has 112 valence electrons. The number of likely N-dealkylation sites (tertiary alicyclic amines) is 1. The van der Waals surface area contributed by atoms with E-state index in [1.54, 1.807) is 11.3 Å². The predicted octanol–water partition coefficient (Wildman–Crippen LogP) is 3.10. The molecule has 0 atom stereocenters. The number of thiazole rings is 1. The summed E-state index contributed by atoms with van der Waals surface area (Å²) in [4.78, 5) is 17.5. The molecule has 0 bridgehead atoms. The van der Waals surface area contributed by atoms with Crippen molar-refractivity contribution in [1.29, 1.82) is 0 Å². The molecule has 0 radical (unpaired) electrons. The van der Waals surface area contributed by atoms with Crippen LogP contribution in [-0.4, -0.2) is 40.0 Å². The largest absolute Gasteiger partial charge is 0.306 e. The highest BCUT2D eigenvalue weighted by molar-refractivity contribution is 7.14. The van der Waals surface area contributed by atoms with Gasteiger partial charge in [0.25, 0.3) is 0 Å². The first kappa shape index (κ1) is 14.6. The van der Waals surface area contributed by atoms with Crippen molar-refractivity contribution in [3.8, 4) is 10.7 Å². The number of aromatic nitrogens is 3. The number of aryl methyl sites for hydroxylation is 2. The lowest BCUT2D eigenvalue weighted by atomic mass is 9.93. The van der Waals surface area contributed by atoms with E-state index in [2.05, 4.69) is 28.8 Å². The van der Waals surface area contributed by atoms with E-state index >= 15 is 0 Å². The molecule has 0 N–H and O–H groups in total. The first-order valence-corrected chi connectivity index (χ1v) is 8.37. The van der Waals surface area contributed by atoms with Crippen LogP contribution in [0.3, 0.4) is 0 Å². The number of hydrogen-bond donors (Lipinski definition) is 0. The number of rotatable bonds is 3. The van der Waals surface area contributed by atoms with Crippen molar-refractivity contribution in [2.45, 2.75) is 33.1 Å². The second kappa shape index (κ2) is 6.20. The average molecular weight is 302 g/mol. The van der Waals surface area contributed by atoms with Crippen LogP contribution < -0.4 is 0 Å². The van der Waals surface area contributed by atoms with Gasteiger partial charge in [0, 0.05) is 23.2 Å². The number of piperidine rings is 1. The Morgan fingerprint density at radius 3 is 2.67 bits per heavy atom. The second-order valence-corrected chi connectivity index (χ2v) is 7.27. The maximum atomic E-state index is 4.75. The third-order valence-corrected chi connectivity index (χ3v) is 4.99. The summed E-state index contributed by atoms with van der Waals surface area (Å²) in [5, 5.41) is 1.00. The van der Waals surface area contributed by atoms with Crippen molar-refractivity contribution in [3.05, 3.63) is 28.7 Å². The molecule has 0 aromatic carbocycles. The molecule has 1 aliphatic rings. The minimum atomic E-state index is 0.717. The SMILES string of the molecule is Cc1cc(-c2ncc(C)s2)nc(CC2CCN(C)CC2)n1. The third kappa shape index (κ3) is 3.66. The highest BCUT2D eigenvalue weighted by Gasteiger charge is 2.19. The molecule has 21 heavy (non-hydrogen) atoms. The van der Waals surface area contributed by atoms with Gasteiger partial charge in [0.1, 0.15) is 16.5 Å². The quantitative estimate of drug-likeness (QED) is 0.873. The van der Waals surface area contributed by atoms with Gasteiger partial charge in [-0.1, -0.05) is 0 Å². The summed E-state index contributed by atoms with van der Waals surface area (Å²) in [5.41, 5.74) is 2.01. The van der Waals surface area contributed by atoms with E-state index < -0.39 is 0 Å². The van der Waals surface area contributed by atoms with Gasteiger partial charge in [-0.15, -0.1) is 11.3 Å². The van der Waals surface area contributed by atoms with Gasteiger partial charge in [0.05, 0.1) is 0 Å². The van der Waals surface area contributed by atoms with Gasteiger partial charge in [-0.25, -0.2) is 15.0 Å². The van der Waals surface area contributed by atoms with Gasteiger partial charge < -0.3 is 4.90 Å². The van der Waals surface area contributed by atoms with Crippen LogP contribution >= 0.6 is 11.3 Å². The molecule has 0 saturated carbocycles. The predicted molar refractivity (Wildman–Crippen MR) is 86.5 cm³/mol. The lowest BCUT2D eigenvalue weighted by Crippen LogP contribution is -2.31. The zero-order valence-corrected chi connectivity index (χ0v) is 13.8. The van der Waals surface area contributed by atoms with E-state index in [1.807, 2.05) is 19.2 Å². The molecule has 2 aromatic heterocycles. The summed E-state index contributed by atoms with van der Waals surface area (Å²) < 4.78 is 0. The van der Waals surface area contributed by atoms with Crippen molar-refractivity contribution in [2.75, 3.05) is 20.1 Å². The van der Waals surface area contributed by atoms with Crippen LogP contribution in [0.15, 0.2) is 12.3 Å². The molecule has 1 fully saturated rings. The van der Waals surface area contributed by atoms with Gasteiger partial charge in [-0.3, -0.25) is 0 Å². The molecule has 1 aliphatic heterocycles. The normalized spacial score (nSPS) is 17.3. The Balaban J connectivity index is 1.78. The molecule has 0 aliphatic carbocycles. The molecule has 3 heterocycles. The molecule has 0 spiro atoms.